The van der Waals surface area contributed by atoms with Crippen LogP contribution in [0.5, 0.6) is 11.5 Å². The highest BCUT2D eigenvalue weighted by molar-refractivity contribution is 5.97. The fourth-order valence-corrected chi connectivity index (χ4v) is 3.11. The number of nitrogens with one attached hydrogen (secondary N) is 3. The second-order valence-corrected chi connectivity index (χ2v) is 6.18. The number of hydrogen-bond acceptors (Lipinski definition) is 4. The van der Waals surface area contributed by atoms with E-state index < -0.39 is 12.1 Å². The predicted molar refractivity (Wildman–Crippen MR) is 99.7 cm³/mol. The van der Waals surface area contributed by atoms with Crippen molar-refractivity contribution in [1.29, 1.82) is 0 Å². The van der Waals surface area contributed by atoms with Crippen LogP contribution in [-0.2, 0) is 11.2 Å². The van der Waals surface area contributed by atoms with Crippen molar-refractivity contribution >= 4 is 28.5 Å². The molecule has 1 aliphatic heterocycles. The molecule has 27 heavy (non-hydrogen) atoms. The minimum atomic E-state index is -0.827. The van der Waals surface area contributed by atoms with Gasteiger partial charge in [-0.15, -0.1) is 0 Å². The van der Waals surface area contributed by atoms with E-state index in [9.17, 15) is 9.59 Å². The van der Waals surface area contributed by atoms with Gasteiger partial charge in [0.1, 0.15) is 6.04 Å². The number of amides is 3. The van der Waals surface area contributed by atoms with Crippen LogP contribution in [0, 0.1) is 0 Å². The summed E-state index contributed by atoms with van der Waals surface area (Å²) in [5.41, 5.74) is 7.67. The molecule has 0 aliphatic carbocycles. The van der Waals surface area contributed by atoms with Crippen molar-refractivity contribution in [1.82, 2.24) is 10.3 Å². The molecule has 2 heterocycles. The number of carbonyl (C=O) groups is 2. The van der Waals surface area contributed by atoms with Crippen LogP contribution in [-0.4, -0.2) is 29.8 Å². The first-order chi connectivity index (χ1) is 13.1. The second kappa shape index (κ2) is 6.91. The SMILES string of the molecule is NC(=O)N[C@H](Cc1c[nH]c2ccccc12)C(=O)Nc1ccc2c(c1)OCO2. The summed E-state index contributed by atoms with van der Waals surface area (Å²) in [6.45, 7) is 0.152. The van der Waals surface area contributed by atoms with Crippen LogP contribution in [0.15, 0.2) is 48.7 Å². The highest BCUT2D eigenvalue weighted by Crippen LogP contribution is 2.34. The number of aromatic amines is 1. The normalized spacial score (nSPS) is 13.3. The molecule has 0 bridgehead atoms. The quantitative estimate of drug-likeness (QED) is 0.553. The zero-order valence-corrected chi connectivity index (χ0v) is 14.3. The van der Waals surface area contributed by atoms with Gasteiger partial charge < -0.3 is 30.8 Å². The highest BCUT2D eigenvalue weighted by Gasteiger charge is 2.23. The number of rotatable bonds is 5. The van der Waals surface area contributed by atoms with E-state index in [1.165, 1.54) is 0 Å². The summed E-state index contributed by atoms with van der Waals surface area (Å²) < 4.78 is 10.6. The van der Waals surface area contributed by atoms with Crippen molar-refractivity contribution in [3.05, 3.63) is 54.2 Å². The van der Waals surface area contributed by atoms with E-state index in [2.05, 4.69) is 15.6 Å². The number of hydrogen-bond donors (Lipinski definition) is 4. The number of benzene rings is 2. The number of para-hydroxylation sites is 1. The molecule has 0 unspecified atom stereocenters. The molecule has 3 aromatic rings. The molecule has 0 spiro atoms. The third-order valence-electron chi connectivity index (χ3n) is 4.37. The minimum Gasteiger partial charge on any atom is -0.454 e. The van der Waals surface area contributed by atoms with Crippen molar-refractivity contribution in [3.8, 4) is 11.5 Å². The van der Waals surface area contributed by atoms with Crippen LogP contribution in [0.4, 0.5) is 10.5 Å². The number of fused-ring (bicyclic) bond motifs is 2. The number of H-pyrrole nitrogens is 1. The second-order valence-electron chi connectivity index (χ2n) is 6.18. The Kier molecular flexibility index (Phi) is 4.29. The monoisotopic (exact) mass is 366 g/mol. The van der Waals surface area contributed by atoms with E-state index in [4.69, 9.17) is 15.2 Å². The van der Waals surface area contributed by atoms with Gasteiger partial charge >= 0.3 is 6.03 Å². The predicted octanol–water partition coefficient (Wildman–Crippen LogP) is 2.11. The summed E-state index contributed by atoms with van der Waals surface area (Å²) in [5.74, 6) is 0.806. The summed E-state index contributed by atoms with van der Waals surface area (Å²) in [4.78, 5) is 27.3. The van der Waals surface area contributed by atoms with Gasteiger partial charge in [-0.2, -0.15) is 0 Å². The molecule has 138 valence electrons. The number of ether oxygens (including phenoxy) is 2. The molecule has 0 saturated heterocycles. The topological polar surface area (TPSA) is 118 Å². The van der Waals surface area contributed by atoms with Gasteiger partial charge in [0.05, 0.1) is 0 Å². The van der Waals surface area contributed by atoms with Crippen molar-refractivity contribution in [3.63, 3.8) is 0 Å². The van der Waals surface area contributed by atoms with Crippen LogP contribution in [0.25, 0.3) is 10.9 Å². The van der Waals surface area contributed by atoms with Crippen molar-refractivity contribution in [2.75, 3.05) is 12.1 Å². The largest absolute Gasteiger partial charge is 0.454 e. The number of nitrogens with two attached hydrogens (primary N) is 1. The number of carbonyl (C=O) groups excluding carboxylic acids is 2. The molecule has 4 rings (SSSR count). The van der Waals surface area contributed by atoms with Crippen LogP contribution >= 0.6 is 0 Å². The zero-order valence-electron chi connectivity index (χ0n) is 14.3. The first-order valence-corrected chi connectivity index (χ1v) is 8.41. The Bertz CT molecular complexity index is 1010. The lowest BCUT2D eigenvalue weighted by atomic mass is 10.0. The molecule has 0 fully saturated rings. The molecule has 1 aliphatic rings. The standard InChI is InChI=1S/C19H18N4O4/c20-19(25)23-15(7-11-9-21-14-4-2-1-3-13(11)14)18(24)22-12-5-6-16-17(8-12)27-10-26-16/h1-6,8-9,15,21H,7,10H2,(H,22,24)(H3,20,23,25)/t15-/m1/s1. The minimum absolute atomic E-state index is 0.152. The summed E-state index contributed by atoms with van der Waals surface area (Å²) in [7, 11) is 0. The molecular weight excluding hydrogens is 348 g/mol. The molecule has 8 nitrogen and oxygen atoms in total. The molecule has 8 heteroatoms. The van der Waals surface area contributed by atoms with E-state index in [0.29, 0.717) is 23.6 Å². The fourth-order valence-electron chi connectivity index (χ4n) is 3.11. The Morgan fingerprint density at radius 3 is 2.81 bits per heavy atom. The zero-order chi connectivity index (χ0) is 18.8. The van der Waals surface area contributed by atoms with Crippen LogP contribution in [0.3, 0.4) is 0 Å². The lowest BCUT2D eigenvalue weighted by Crippen LogP contribution is -2.47. The average molecular weight is 366 g/mol. The van der Waals surface area contributed by atoms with E-state index in [0.717, 1.165) is 16.5 Å². The van der Waals surface area contributed by atoms with Gasteiger partial charge in [-0.05, 0) is 23.8 Å². The van der Waals surface area contributed by atoms with E-state index >= 15 is 0 Å². The molecular formula is C19H18N4O4. The van der Waals surface area contributed by atoms with Crippen LogP contribution < -0.4 is 25.8 Å². The maximum atomic E-state index is 12.7. The van der Waals surface area contributed by atoms with E-state index in [-0.39, 0.29) is 12.7 Å². The Morgan fingerprint density at radius 1 is 1.15 bits per heavy atom. The Morgan fingerprint density at radius 2 is 1.96 bits per heavy atom. The highest BCUT2D eigenvalue weighted by atomic mass is 16.7. The lowest BCUT2D eigenvalue weighted by Gasteiger charge is -2.17. The number of primary amides is 1. The van der Waals surface area contributed by atoms with Gasteiger partial charge in [0, 0.05) is 35.3 Å². The van der Waals surface area contributed by atoms with Crippen molar-refractivity contribution in [2.45, 2.75) is 12.5 Å². The first kappa shape index (κ1) is 16.8. The lowest BCUT2D eigenvalue weighted by molar-refractivity contribution is -0.117. The van der Waals surface area contributed by atoms with Gasteiger partial charge in [0.15, 0.2) is 11.5 Å². The number of urea groups is 1. The molecule has 0 saturated carbocycles. The smallest absolute Gasteiger partial charge is 0.312 e. The Balaban J connectivity index is 1.54. The van der Waals surface area contributed by atoms with Gasteiger partial charge in [0.2, 0.25) is 12.7 Å². The maximum Gasteiger partial charge on any atom is 0.312 e. The van der Waals surface area contributed by atoms with Gasteiger partial charge in [-0.25, -0.2) is 4.79 Å². The summed E-state index contributed by atoms with van der Waals surface area (Å²) >= 11 is 0. The van der Waals surface area contributed by atoms with Gasteiger partial charge in [0.25, 0.3) is 0 Å². The molecule has 0 radical (unpaired) electrons. The third-order valence-corrected chi connectivity index (χ3v) is 4.37. The van der Waals surface area contributed by atoms with Gasteiger partial charge in [-0.1, -0.05) is 18.2 Å². The maximum absolute atomic E-state index is 12.7. The summed E-state index contributed by atoms with van der Waals surface area (Å²) in [6, 6.07) is 11.3. The van der Waals surface area contributed by atoms with Crippen LogP contribution in [0.2, 0.25) is 0 Å². The first-order valence-electron chi connectivity index (χ1n) is 8.41. The summed E-state index contributed by atoms with van der Waals surface area (Å²) in [5, 5.41) is 6.29. The Hall–Kier alpha value is -3.68. The van der Waals surface area contributed by atoms with Crippen molar-refractivity contribution < 1.29 is 19.1 Å². The molecule has 2 aromatic carbocycles. The third kappa shape index (κ3) is 3.50. The molecule has 3 amide bonds. The fraction of sp³-hybridized carbons (Fsp3) is 0.158. The van der Waals surface area contributed by atoms with E-state index in [1.807, 2.05) is 30.5 Å². The molecule has 1 atom stereocenters. The van der Waals surface area contributed by atoms with Gasteiger partial charge in [-0.3, -0.25) is 4.79 Å². The molecule has 1 aromatic heterocycles. The Labute approximate surface area is 154 Å². The van der Waals surface area contributed by atoms with Crippen LogP contribution in [0.1, 0.15) is 5.56 Å². The summed E-state index contributed by atoms with van der Waals surface area (Å²) in [6.07, 6.45) is 2.12. The average Bonchev–Trinajstić information content (AvgIpc) is 3.27. The molecule has 5 N–H and O–H groups in total. The van der Waals surface area contributed by atoms with E-state index in [1.54, 1.807) is 18.2 Å². The number of aromatic nitrogens is 1. The van der Waals surface area contributed by atoms with Crippen molar-refractivity contribution in [2.24, 2.45) is 5.73 Å². The number of anilines is 1.